The lowest BCUT2D eigenvalue weighted by Crippen LogP contribution is -2.45. The average Bonchev–Trinajstić information content (AvgIpc) is 3.38. The highest BCUT2D eigenvalue weighted by molar-refractivity contribution is 14.0. The summed E-state index contributed by atoms with van der Waals surface area (Å²) in [5.41, 5.74) is -0.498. The summed E-state index contributed by atoms with van der Waals surface area (Å²) in [5.74, 6) is 1.83. The number of alkyl carbamates (subject to hydrolysis) is 1. The molecule has 1 aromatic heterocycles. The van der Waals surface area contributed by atoms with Crippen LogP contribution in [0.4, 0.5) is 4.79 Å². The zero-order chi connectivity index (χ0) is 22.1. The van der Waals surface area contributed by atoms with Crippen LogP contribution >= 0.6 is 24.0 Å². The van der Waals surface area contributed by atoms with Crippen molar-refractivity contribution in [2.75, 3.05) is 59.0 Å². The fraction of sp³-hybridized carbons (Fsp3) is 0.727. The van der Waals surface area contributed by atoms with Gasteiger partial charge in [-0.15, -0.1) is 24.0 Å². The van der Waals surface area contributed by atoms with Crippen molar-refractivity contribution in [1.82, 2.24) is 20.4 Å². The Bertz CT molecular complexity index is 702. The van der Waals surface area contributed by atoms with E-state index in [1.54, 1.807) is 6.26 Å². The van der Waals surface area contributed by atoms with E-state index in [9.17, 15) is 4.79 Å². The maximum Gasteiger partial charge on any atom is 0.407 e. The van der Waals surface area contributed by atoms with Gasteiger partial charge in [0.05, 0.1) is 32.1 Å². The minimum Gasteiger partial charge on any atom is -0.469 e. The van der Waals surface area contributed by atoms with Gasteiger partial charge in [0.15, 0.2) is 5.96 Å². The first-order valence-electron chi connectivity index (χ1n) is 11.2. The van der Waals surface area contributed by atoms with E-state index in [1.807, 2.05) is 32.9 Å². The number of halogens is 1. The minimum absolute atomic E-state index is 0. The fourth-order valence-electron chi connectivity index (χ4n) is 3.69. The molecule has 0 saturated carbocycles. The van der Waals surface area contributed by atoms with Gasteiger partial charge < -0.3 is 29.4 Å². The van der Waals surface area contributed by atoms with Crippen molar-refractivity contribution < 1.29 is 18.7 Å². The number of morpholine rings is 1. The summed E-state index contributed by atoms with van der Waals surface area (Å²) < 4.78 is 16.2. The molecule has 0 aromatic carbocycles. The summed E-state index contributed by atoms with van der Waals surface area (Å²) in [5, 5.41) is 6.46. The number of rotatable bonds is 7. The molecule has 3 rings (SSSR count). The van der Waals surface area contributed by atoms with Crippen LogP contribution in [0.25, 0.3) is 0 Å². The van der Waals surface area contributed by atoms with Crippen LogP contribution in [0.15, 0.2) is 27.8 Å². The van der Waals surface area contributed by atoms with Crippen LogP contribution in [-0.4, -0.2) is 92.5 Å². The number of nitrogens with one attached hydrogen (secondary N) is 2. The topological polar surface area (TPSA) is 91.6 Å². The number of nitrogens with zero attached hydrogens (tertiary/aromatic N) is 3. The first-order valence-corrected chi connectivity index (χ1v) is 11.2. The highest BCUT2D eigenvalue weighted by atomic mass is 127. The van der Waals surface area contributed by atoms with Crippen LogP contribution < -0.4 is 10.6 Å². The molecule has 1 unspecified atom stereocenters. The van der Waals surface area contributed by atoms with Crippen molar-refractivity contribution in [3.63, 3.8) is 0 Å². The molecule has 0 spiro atoms. The van der Waals surface area contributed by atoms with Gasteiger partial charge >= 0.3 is 6.09 Å². The molecule has 182 valence electrons. The predicted molar refractivity (Wildman–Crippen MR) is 135 cm³/mol. The van der Waals surface area contributed by atoms with Gasteiger partial charge in [-0.3, -0.25) is 9.89 Å². The van der Waals surface area contributed by atoms with Gasteiger partial charge in [0.2, 0.25) is 0 Å². The third kappa shape index (κ3) is 9.53. The average molecular weight is 563 g/mol. The normalized spacial score (nSPS) is 20.0. The molecular weight excluding hydrogens is 525 g/mol. The number of hydrogen-bond acceptors (Lipinski definition) is 6. The second-order valence-electron chi connectivity index (χ2n) is 8.99. The van der Waals surface area contributed by atoms with E-state index in [0.29, 0.717) is 6.54 Å². The van der Waals surface area contributed by atoms with Gasteiger partial charge in [0, 0.05) is 45.7 Å². The smallest absolute Gasteiger partial charge is 0.407 e. The van der Waals surface area contributed by atoms with Crippen molar-refractivity contribution in [2.45, 2.75) is 45.3 Å². The first kappa shape index (κ1) is 26.7. The van der Waals surface area contributed by atoms with E-state index in [0.717, 1.165) is 77.0 Å². The lowest BCUT2D eigenvalue weighted by Gasteiger charge is -2.26. The van der Waals surface area contributed by atoms with Gasteiger partial charge in [-0.25, -0.2) is 4.79 Å². The number of amides is 1. The number of ether oxygens (including phenoxy) is 2. The number of aliphatic imine (C=N–C) groups is 1. The second-order valence-corrected chi connectivity index (χ2v) is 8.99. The highest BCUT2D eigenvalue weighted by Gasteiger charge is 2.28. The van der Waals surface area contributed by atoms with Crippen molar-refractivity contribution in [3.8, 4) is 0 Å². The monoisotopic (exact) mass is 563 g/mol. The van der Waals surface area contributed by atoms with E-state index in [1.165, 1.54) is 0 Å². The molecule has 2 N–H and O–H groups in total. The second kappa shape index (κ2) is 13.2. The van der Waals surface area contributed by atoms with E-state index in [4.69, 9.17) is 18.9 Å². The van der Waals surface area contributed by atoms with E-state index in [-0.39, 0.29) is 36.1 Å². The number of furan rings is 1. The zero-order valence-corrected chi connectivity index (χ0v) is 21.8. The Labute approximate surface area is 208 Å². The van der Waals surface area contributed by atoms with Gasteiger partial charge in [-0.2, -0.15) is 0 Å². The molecule has 9 nitrogen and oxygen atoms in total. The van der Waals surface area contributed by atoms with Gasteiger partial charge in [0.25, 0.3) is 0 Å². The third-order valence-corrected chi connectivity index (χ3v) is 5.22. The maximum atomic E-state index is 12.1. The Morgan fingerprint density at radius 3 is 2.75 bits per heavy atom. The molecule has 3 heterocycles. The third-order valence-electron chi connectivity index (χ3n) is 5.22. The summed E-state index contributed by atoms with van der Waals surface area (Å²) in [4.78, 5) is 21.6. The standard InChI is InChI=1S/C22H37N5O4.HI/c1-22(2,3)31-21(28)25-18-7-10-27(17-18)20(23-8-6-19-5-4-14-30-19)24-9-11-26-12-15-29-16-13-26;/h4-5,14,18H,6-13,15-17H2,1-3H3,(H,23,24)(H,25,28);1H. The lowest BCUT2D eigenvalue weighted by molar-refractivity contribution is 0.0394. The Morgan fingerprint density at radius 1 is 1.28 bits per heavy atom. The SMILES string of the molecule is CC(C)(C)OC(=O)NC1CCN(C(=NCCN2CCOCC2)NCCc2ccco2)C1.I. The molecule has 32 heavy (non-hydrogen) atoms. The number of carbonyl (C=O) groups excluding carboxylic acids is 1. The quantitative estimate of drug-likeness (QED) is 0.299. The summed E-state index contributed by atoms with van der Waals surface area (Å²) in [7, 11) is 0. The summed E-state index contributed by atoms with van der Waals surface area (Å²) in [6, 6.07) is 3.93. The fourth-order valence-corrected chi connectivity index (χ4v) is 3.69. The molecule has 2 saturated heterocycles. The molecular formula is C22H38IN5O4. The molecule has 1 amide bonds. The first-order chi connectivity index (χ1) is 14.9. The van der Waals surface area contributed by atoms with Crippen LogP contribution in [0.1, 0.15) is 33.0 Å². The molecule has 10 heteroatoms. The minimum atomic E-state index is -0.498. The van der Waals surface area contributed by atoms with Crippen molar-refractivity contribution in [3.05, 3.63) is 24.2 Å². The zero-order valence-electron chi connectivity index (χ0n) is 19.5. The maximum absolute atomic E-state index is 12.1. The van der Waals surface area contributed by atoms with E-state index < -0.39 is 5.60 Å². The Hall–Kier alpha value is -1.53. The summed E-state index contributed by atoms with van der Waals surface area (Å²) >= 11 is 0. The largest absolute Gasteiger partial charge is 0.469 e. The van der Waals surface area contributed by atoms with Crippen LogP contribution in [0.3, 0.4) is 0 Å². The van der Waals surface area contributed by atoms with E-state index >= 15 is 0 Å². The molecule has 0 bridgehead atoms. The molecule has 0 aliphatic carbocycles. The Balaban J connectivity index is 0.00000363. The van der Waals surface area contributed by atoms with Crippen LogP contribution in [0, 0.1) is 0 Å². The van der Waals surface area contributed by atoms with Crippen molar-refractivity contribution >= 4 is 36.0 Å². The lowest BCUT2D eigenvalue weighted by atomic mass is 10.2. The number of carbonyl (C=O) groups is 1. The Morgan fingerprint density at radius 2 is 2.06 bits per heavy atom. The molecule has 2 aliphatic rings. The number of hydrogen-bond donors (Lipinski definition) is 2. The van der Waals surface area contributed by atoms with Crippen LogP contribution in [-0.2, 0) is 15.9 Å². The van der Waals surface area contributed by atoms with Crippen LogP contribution in [0.2, 0.25) is 0 Å². The molecule has 1 atom stereocenters. The summed E-state index contributed by atoms with van der Waals surface area (Å²) in [6.45, 7) is 13.1. The highest BCUT2D eigenvalue weighted by Crippen LogP contribution is 2.12. The van der Waals surface area contributed by atoms with Crippen molar-refractivity contribution in [2.24, 2.45) is 4.99 Å². The number of guanidine groups is 1. The van der Waals surface area contributed by atoms with Gasteiger partial charge in [-0.05, 0) is 39.3 Å². The molecule has 1 aromatic rings. The van der Waals surface area contributed by atoms with Crippen molar-refractivity contribution in [1.29, 1.82) is 0 Å². The Kier molecular flexibility index (Phi) is 11.1. The molecule has 0 radical (unpaired) electrons. The van der Waals surface area contributed by atoms with Gasteiger partial charge in [0.1, 0.15) is 11.4 Å². The summed E-state index contributed by atoms with van der Waals surface area (Å²) in [6.07, 6.45) is 2.99. The van der Waals surface area contributed by atoms with Gasteiger partial charge in [-0.1, -0.05) is 0 Å². The molecule has 2 fully saturated rings. The predicted octanol–water partition coefficient (Wildman–Crippen LogP) is 2.32. The van der Waals surface area contributed by atoms with E-state index in [2.05, 4.69) is 20.4 Å². The molecule has 2 aliphatic heterocycles. The van der Waals surface area contributed by atoms with Crippen LogP contribution in [0.5, 0.6) is 0 Å². The number of likely N-dealkylation sites (tertiary alicyclic amines) is 1.